The summed E-state index contributed by atoms with van der Waals surface area (Å²) in [5, 5.41) is 0. The fourth-order valence-electron chi connectivity index (χ4n) is 2.39. The van der Waals surface area contributed by atoms with Gasteiger partial charge < -0.3 is 10.6 Å². The topological polar surface area (TPSA) is 29.3 Å². The molecule has 0 bridgehead atoms. The first-order chi connectivity index (χ1) is 9.98. The Balaban J connectivity index is 2.33. The summed E-state index contributed by atoms with van der Waals surface area (Å²) >= 11 is 0. The molecule has 0 saturated carbocycles. The van der Waals surface area contributed by atoms with Crippen molar-refractivity contribution in [2.24, 2.45) is 5.73 Å². The number of likely N-dealkylation sites (N-methyl/N-ethyl adjacent to an activating group) is 1. The van der Waals surface area contributed by atoms with Crippen LogP contribution < -0.4 is 10.6 Å². The van der Waals surface area contributed by atoms with Crippen molar-refractivity contribution in [3.8, 4) is 0 Å². The molecule has 0 amide bonds. The van der Waals surface area contributed by atoms with Gasteiger partial charge in [0.25, 0.3) is 0 Å². The van der Waals surface area contributed by atoms with Crippen molar-refractivity contribution >= 4 is 5.69 Å². The van der Waals surface area contributed by atoms with E-state index in [1.54, 1.807) is 48.3 Å². The number of nitrogens with two attached hydrogens (primary N) is 1. The molecule has 2 aromatic rings. The summed E-state index contributed by atoms with van der Waals surface area (Å²) in [6.07, 6.45) is 0.404. The SMILES string of the molecule is CN(c1ccccc1F)C(C)(CN)Cc1ccccc1F. The van der Waals surface area contributed by atoms with Gasteiger partial charge in [-0.25, -0.2) is 8.78 Å². The minimum absolute atomic E-state index is 0.265. The van der Waals surface area contributed by atoms with E-state index in [1.165, 1.54) is 12.1 Å². The van der Waals surface area contributed by atoms with Crippen molar-refractivity contribution in [2.75, 3.05) is 18.5 Å². The van der Waals surface area contributed by atoms with E-state index < -0.39 is 5.54 Å². The lowest BCUT2D eigenvalue weighted by Gasteiger charge is -2.40. The van der Waals surface area contributed by atoms with Crippen molar-refractivity contribution in [3.05, 3.63) is 65.7 Å². The highest BCUT2D eigenvalue weighted by Crippen LogP contribution is 2.28. The molecule has 0 saturated heterocycles. The van der Waals surface area contributed by atoms with Crippen molar-refractivity contribution < 1.29 is 8.78 Å². The van der Waals surface area contributed by atoms with Gasteiger partial charge >= 0.3 is 0 Å². The first-order valence-electron chi connectivity index (χ1n) is 6.90. The van der Waals surface area contributed by atoms with E-state index in [1.807, 2.05) is 6.92 Å². The van der Waals surface area contributed by atoms with E-state index in [-0.39, 0.29) is 18.2 Å². The van der Waals surface area contributed by atoms with Crippen LogP contribution in [0.15, 0.2) is 48.5 Å². The second-order valence-corrected chi connectivity index (χ2v) is 5.48. The van der Waals surface area contributed by atoms with Crippen LogP contribution in [-0.4, -0.2) is 19.1 Å². The van der Waals surface area contributed by atoms with Crippen LogP contribution in [0.1, 0.15) is 12.5 Å². The molecule has 0 aromatic heterocycles. The van der Waals surface area contributed by atoms with E-state index in [4.69, 9.17) is 5.73 Å². The monoisotopic (exact) mass is 290 g/mol. The molecule has 2 N–H and O–H groups in total. The predicted molar refractivity (Wildman–Crippen MR) is 82.4 cm³/mol. The maximum absolute atomic E-state index is 14.0. The molecule has 0 radical (unpaired) electrons. The first-order valence-corrected chi connectivity index (χ1v) is 6.90. The predicted octanol–water partition coefficient (Wildman–Crippen LogP) is 3.36. The molecule has 0 aliphatic carbocycles. The minimum atomic E-state index is -0.579. The van der Waals surface area contributed by atoms with Crippen molar-refractivity contribution in [1.82, 2.24) is 0 Å². The lowest BCUT2D eigenvalue weighted by molar-refractivity contribution is 0.434. The fraction of sp³-hybridized carbons (Fsp3) is 0.294. The summed E-state index contributed by atoms with van der Waals surface area (Å²) in [6.45, 7) is 2.19. The Morgan fingerprint density at radius 2 is 1.57 bits per heavy atom. The van der Waals surface area contributed by atoms with E-state index >= 15 is 0 Å². The summed E-state index contributed by atoms with van der Waals surface area (Å²) in [7, 11) is 1.78. The second kappa shape index (κ2) is 6.22. The summed E-state index contributed by atoms with van der Waals surface area (Å²) in [6, 6.07) is 13.1. The van der Waals surface area contributed by atoms with Crippen LogP contribution in [0.3, 0.4) is 0 Å². The maximum atomic E-state index is 14.0. The van der Waals surface area contributed by atoms with Crippen molar-refractivity contribution in [1.29, 1.82) is 0 Å². The average Bonchev–Trinajstić information content (AvgIpc) is 2.49. The molecule has 21 heavy (non-hydrogen) atoms. The highest BCUT2D eigenvalue weighted by molar-refractivity contribution is 5.50. The Morgan fingerprint density at radius 3 is 2.14 bits per heavy atom. The molecule has 0 heterocycles. The smallest absolute Gasteiger partial charge is 0.146 e. The third kappa shape index (κ3) is 3.22. The number of para-hydroxylation sites is 1. The van der Waals surface area contributed by atoms with Gasteiger partial charge in [-0.2, -0.15) is 0 Å². The summed E-state index contributed by atoms with van der Waals surface area (Å²) in [5.41, 5.74) is 6.37. The normalized spacial score (nSPS) is 13.8. The number of benzene rings is 2. The zero-order valence-electron chi connectivity index (χ0n) is 12.3. The average molecular weight is 290 g/mol. The quantitative estimate of drug-likeness (QED) is 0.915. The number of rotatable bonds is 5. The number of halogens is 2. The van der Waals surface area contributed by atoms with Gasteiger partial charge in [-0.05, 0) is 37.1 Å². The van der Waals surface area contributed by atoms with Crippen LogP contribution in [-0.2, 0) is 6.42 Å². The molecule has 1 unspecified atom stereocenters. The second-order valence-electron chi connectivity index (χ2n) is 5.48. The lowest BCUT2D eigenvalue weighted by atomic mass is 9.90. The lowest BCUT2D eigenvalue weighted by Crippen LogP contribution is -2.52. The van der Waals surface area contributed by atoms with Crippen LogP contribution in [0, 0.1) is 11.6 Å². The Labute approximate surface area is 124 Å². The van der Waals surface area contributed by atoms with Crippen LogP contribution in [0.25, 0.3) is 0 Å². The zero-order chi connectivity index (χ0) is 15.5. The van der Waals surface area contributed by atoms with Crippen LogP contribution in [0.4, 0.5) is 14.5 Å². The van der Waals surface area contributed by atoms with Gasteiger partial charge in [0.15, 0.2) is 0 Å². The van der Waals surface area contributed by atoms with E-state index in [2.05, 4.69) is 0 Å². The number of nitrogens with zero attached hydrogens (tertiary/aromatic N) is 1. The van der Waals surface area contributed by atoms with Crippen molar-refractivity contribution in [2.45, 2.75) is 18.9 Å². The molecule has 2 nitrogen and oxygen atoms in total. The molecular formula is C17H20F2N2. The highest BCUT2D eigenvalue weighted by atomic mass is 19.1. The molecular weight excluding hydrogens is 270 g/mol. The number of hydrogen-bond acceptors (Lipinski definition) is 2. The fourth-order valence-corrected chi connectivity index (χ4v) is 2.39. The van der Waals surface area contributed by atoms with Crippen LogP contribution in [0.5, 0.6) is 0 Å². The molecule has 0 aliphatic rings. The summed E-state index contributed by atoms with van der Waals surface area (Å²) in [5.74, 6) is -0.577. The molecule has 0 spiro atoms. The molecule has 0 fully saturated rings. The van der Waals surface area contributed by atoms with Gasteiger partial charge in [-0.15, -0.1) is 0 Å². The zero-order valence-corrected chi connectivity index (χ0v) is 12.3. The Morgan fingerprint density at radius 1 is 1.00 bits per heavy atom. The Kier molecular flexibility index (Phi) is 4.58. The van der Waals surface area contributed by atoms with E-state index in [0.29, 0.717) is 17.7 Å². The third-order valence-corrected chi connectivity index (χ3v) is 3.99. The molecule has 2 aromatic carbocycles. The third-order valence-electron chi connectivity index (χ3n) is 3.99. The van der Waals surface area contributed by atoms with Gasteiger partial charge in [0, 0.05) is 13.6 Å². The van der Waals surface area contributed by atoms with Gasteiger partial charge in [0.05, 0.1) is 11.2 Å². The highest BCUT2D eigenvalue weighted by Gasteiger charge is 2.30. The molecule has 0 aliphatic heterocycles. The Bertz CT molecular complexity index is 615. The Hall–Kier alpha value is -1.94. The van der Waals surface area contributed by atoms with Gasteiger partial charge in [0.2, 0.25) is 0 Å². The summed E-state index contributed by atoms with van der Waals surface area (Å²) in [4.78, 5) is 1.79. The van der Waals surface area contributed by atoms with E-state index in [9.17, 15) is 8.78 Å². The maximum Gasteiger partial charge on any atom is 0.146 e. The summed E-state index contributed by atoms with van der Waals surface area (Å²) < 4.78 is 27.8. The van der Waals surface area contributed by atoms with E-state index in [0.717, 1.165) is 0 Å². The molecule has 1 atom stereocenters. The molecule has 2 rings (SSSR count). The standard InChI is InChI=1S/C17H20F2N2/c1-17(12-20,11-13-7-3-4-8-14(13)18)21(2)16-10-6-5-9-15(16)19/h3-10H,11-12,20H2,1-2H3. The molecule has 4 heteroatoms. The van der Waals surface area contributed by atoms with Gasteiger partial charge in [-0.1, -0.05) is 30.3 Å². The first kappa shape index (κ1) is 15.4. The van der Waals surface area contributed by atoms with Gasteiger partial charge in [-0.3, -0.25) is 0 Å². The number of hydrogen-bond donors (Lipinski definition) is 1. The largest absolute Gasteiger partial charge is 0.365 e. The van der Waals surface area contributed by atoms with Crippen LogP contribution in [0.2, 0.25) is 0 Å². The van der Waals surface area contributed by atoms with Crippen molar-refractivity contribution in [3.63, 3.8) is 0 Å². The van der Waals surface area contributed by atoms with Crippen LogP contribution >= 0.6 is 0 Å². The number of anilines is 1. The molecule has 112 valence electrons. The minimum Gasteiger partial charge on any atom is -0.365 e. The van der Waals surface area contributed by atoms with Gasteiger partial charge in [0.1, 0.15) is 11.6 Å².